The van der Waals surface area contributed by atoms with Crippen LogP contribution >= 0.6 is 0 Å². The van der Waals surface area contributed by atoms with Crippen molar-refractivity contribution < 1.29 is 17.9 Å². The zero-order chi connectivity index (χ0) is 21.7. The summed E-state index contributed by atoms with van der Waals surface area (Å²) < 4.78 is 31.8. The van der Waals surface area contributed by atoms with Gasteiger partial charge in [0.25, 0.3) is 0 Å². The minimum atomic E-state index is -3.34. The number of morpholine rings is 1. The van der Waals surface area contributed by atoms with Crippen molar-refractivity contribution in [3.05, 3.63) is 29.3 Å². The number of aryl methyl sites for hydroxylation is 2. The van der Waals surface area contributed by atoms with Crippen molar-refractivity contribution in [3.8, 4) is 0 Å². The summed E-state index contributed by atoms with van der Waals surface area (Å²) in [6.45, 7) is 9.53. The second-order valence-corrected chi connectivity index (χ2v) is 10.3. The average molecular weight is 439 g/mol. The molecule has 2 fully saturated rings. The molecule has 2 aliphatic heterocycles. The maximum Gasteiger partial charge on any atom is 0.321 e. The fourth-order valence-corrected chi connectivity index (χ4v) is 5.29. The van der Waals surface area contributed by atoms with Crippen LogP contribution in [0.1, 0.15) is 24.0 Å². The lowest BCUT2D eigenvalue weighted by atomic mass is 10.1. The Morgan fingerprint density at radius 1 is 1.23 bits per heavy atom. The molecule has 0 spiro atoms. The van der Waals surface area contributed by atoms with Gasteiger partial charge in [-0.25, -0.2) is 13.2 Å². The number of benzene rings is 1. The van der Waals surface area contributed by atoms with E-state index >= 15 is 0 Å². The highest BCUT2D eigenvalue weighted by atomic mass is 32.2. The number of nitrogens with zero attached hydrogens (tertiary/aromatic N) is 3. The molecule has 0 saturated carbocycles. The average Bonchev–Trinajstić information content (AvgIpc) is 3.17. The van der Waals surface area contributed by atoms with Gasteiger partial charge < -0.3 is 15.0 Å². The zero-order valence-corrected chi connectivity index (χ0v) is 19.1. The number of anilines is 1. The Kier molecular flexibility index (Phi) is 7.73. The molecular weight excluding hydrogens is 404 g/mol. The molecule has 2 saturated heterocycles. The first-order valence-electron chi connectivity index (χ1n) is 10.6. The van der Waals surface area contributed by atoms with E-state index in [4.69, 9.17) is 4.74 Å². The number of amides is 2. The van der Waals surface area contributed by atoms with Crippen LogP contribution in [0.25, 0.3) is 0 Å². The van der Waals surface area contributed by atoms with Gasteiger partial charge in [0.05, 0.1) is 19.5 Å². The van der Waals surface area contributed by atoms with Gasteiger partial charge in [0.2, 0.25) is 10.0 Å². The molecular formula is C21H34N4O4S. The molecule has 2 aliphatic rings. The van der Waals surface area contributed by atoms with Crippen LogP contribution in [0.3, 0.4) is 0 Å². The molecule has 0 radical (unpaired) electrons. The van der Waals surface area contributed by atoms with Crippen LogP contribution in [0.5, 0.6) is 0 Å². The van der Waals surface area contributed by atoms with E-state index in [1.165, 1.54) is 6.26 Å². The lowest BCUT2D eigenvalue weighted by Crippen LogP contribution is -2.44. The summed E-state index contributed by atoms with van der Waals surface area (Å²) in [6, 6.07) is 5.60. The van der Waals surface area contributed by atoms with Crippen molar-refractivity contribution >= 4 is 21.7 Å². The minimum absolute atomic E-state index is 0.172. The molecule has 1 aromatic carbocycles. The number of hydrogen-bond donors (Lipinski definition) is 1. The second kappa shape index (κ2) is 10.1. The fourth-order valence-electron chi connectivity index (χ4n) is 4.12. The van der Waals surface area contributed by atoms with Crippen LogP contribution in [0, 0.1) is 13.8 Å². The molecule has 0 bridgehead atoms. The van der Waals surface area contributed by atoms with Gasteiger partial charge in [-0.1, -0.05) is 12.1 Å². The second-order valence-electron chi connectivity index (χ2n) is 8.32. The van der Waals surface area contributed by atoms with E-state index in [2.05, 4.69) is 10.2 Å². The summed E-state index contributed by atoms with van der Waals surface area (Å²) in [6.07, 6.45) is 2.70. The number of hydrogen-bond acceptors (Lipinski definition) is 5. The number of nitrogens with one attached hydrogen (secondary N) is 1. The van der Waals surface area contributed by atoms with Gasteiger partial charge >= 0.3 is 6.03 Å². The lowest BCUT2D eigenvalue weighted by Gasteiger charge is -2.30. The third-order valence-corrected chi connectivity index (χ3v) is 7.21. The maximum absolute atomic E-state index is 12.7. The molecule has 3 rings (SSSR count). The molecule has 168 valence electrons. The molecule has 8 nitrogen and oxygen atoms in total. The van der Waals surface area contributed by atoms with Gasteiger partial charge in [-0.3, -0.25) is 4.90 Å². The predicted octanol–water partition coefficient (Wildman–Crippen LogP) is 1.89. The van der Waals surface area contributed by atoms with Crippen molar-refractivity contribution in [1.29, 1.82) is 0 Å². The number of urea groups is 1. The normalized spacial score (nSPS) is 20.7. The fraction of sp³-hybridized carbons (Fsp3) is 0.667. The zero-order valence-electron chi connectivity index (χ0n) is 18.3. The monoisotopic (exact) mass is 438 g/mol. The Balaban J connectivity index is 1.55. The van der Waals surface area contributed by atoms with E-state index in [1.54, 1.807) is 9.21 Å². The van der Waals surface area contributed by atoms with Crippen LogP contribution in [-0.2, 0) is 14.8 Å². The van der Waals surface area contributed by atoms with E-state index in [0.29, 0.717) is 26.1 Å². The quantitative estimate of drug-likeness (QED) is 0.703. The summed E-state index contributed by atoms with van der Waals surface area (Å²) in [5, 5.41) is 2.98. The third-order valence-electron chi connectivity index (χ3n) is 5.88. The summed E-state index contributed by atoms with van der Waals surface area (Å²) in [5.41, 5.74) is 2.89. The van der Waals surface area contributed by atoms with Crippen LogP contribution in [0.4, 0.5) is 10.5 Å². The lowest BCUT2D eigenvalue weighted by molar-refractivity contribution is 0.0366. The smallest absolute Gasteiger partial charge is 0.321 e. The highest BCUT2D eigenvalue weighted by Crippen LogP contribution is 2.22. The van der Waals surface area contributed by atoms with E-state index in [1.807, 2.05) is 32.0 Å². The first-order chi connectivity index (χ1) is 14.2. The molecule has 0 aliphatic carbocycles. The molecule has 9 heteroatoms. The Morgan fingerprint density at radius 2 is 1.97 bits per heavy atom. The van der Waals surface area contributed by atoms with E-state index in [0.717, 1.165) is 56.1 Å². The summed E-state index contributed by atoms with van der Waals surface area (Å²) in [7, 11) is -3.34. The molecule has 2 amide bonds. The molecule has 30 heavy (non-hydrogen) atoms. The van der Waals surface area contributed by atoms with Gasteiger partial charge in [0, 0.05) is 44.5 Å². The molecule has 1 atom stereocenters. The van der Waals surface area contributed by atoms with Crippen molar-refractivity contribution in [2.45, 2.75) is 32.7 Å². The third kappa shape index (κ3) is 6.16. The molecule has 1 unspecified atom stereocenters. The van der Waals surface area contributed by atoms with Gasteiger partial charge in [-0.05, 0) is 50.4 Å². The minimum Gasteiger partial charge on any atom is -0.379 e. The predicted molar refractivity (Wildman–Crippen MR) is 118 cm³/mol. The number of carbonyl (C=O) groups is 1. The summed E-state index contributed by atoms with van der Waals surface area (Å²) in [4.78, 5) is 16.8. The maximum atomic E-state index is 12.7. The van der Waals surface area contributed by atoms with Gasteiger partial charge in [-0.15, -0.1) is 0 Å². The standard InChI is InChI=1S/C21H34N4O4S/c1-17-5-6-18(2)20(15-17)22-21(26)24-10-7-19(16-24)25(30(3,27)28)9-4-8-23-11-13-29-14-12-23/h5-6,15,19H,4,7-14,16H2,1-3H3,(H,22,26). The van der Waals surface area contributed by atoms with Crippen LogP contribution in [-0.4, -0.2) is 93.3 Å². The Hall–Kier alpha value is -1.68. The Morgan fingerprint density at radius 3 is 2.67 bits per heavy atom. The van der Waals surface area contributed by atoms with E-state index in [-0.39, 0.29) is 12.1 Å². The largest absolute Gasteiger partial charge is 0.379 e. The number of likely N-dealkylation sites (tertiary alicyclic amines) is 1. The van der Waals surface area contributed by atoms with Crippen LogP contribution in [0.2, 0.25) is 0 Å². The van der Waals surface area contributed by atoms with Gasteiger partial charge in [0.15, 0.2) is 0 Å². The van der Waals surface area contributed by atoms with E-state index in [9.17, 15) is 13.2 Å². The number of carbonyl (C=O) groups excluding carboxylic acids is 1. The van der Waals surface area contributed by atoms with Crippen molar-refractivity contribution in [3.63, 3.8) is 0 Å². The Bertz CT molecular complexity index is 839. The van der Waals surface area contributed by atoms with Gasteiger partial charge in [0.1, 0.15) is 0 Å². The number of ether oxygens (including phenoxy) is 1. The summed E-state index contributed by atoms with van der Waals surface area (Å²) in [5.74, 6) is 0. The van der Waals surface area contributed by atoms with Crippen molar-refractivity contribution in [1.82, 2.24) is 14.1 Å². The number of sulfonamides is 1. The molecule has 0 aromatic heterocycles. The van der Waals surface area contributed by atoms with Crippen LogP contribution < -0.4 is 5.32 Å². The number of rotatable bonds is 7. The summed E-state index contributed by atoms with van der Waals surface area (Å²) >= 11 is 0. The highest BCUT2D eigenvalue weighted by Gasteiger charge is 2.34. The topological polar surface area (TPSA) is 82.2 Å². The molecule has 1 N–H and O–H groups in total. The molecule has 1 aromatic rings. The van der Waals surface area contributed by atoms with Crippen LogP contribution in [0.15, 0.2) is 18.2 Å². The SMILES string of the molecule is Cc1ccc(C)c(NC(=O)N2CCC(N(CCCN3CCOCC3)S(C)(=O)=O)C2)c1. The van der Waals surface area contributed by atoms with E-state index < -0.39 is 10.0 Å². The first-order valence-corrected chi connectivity index (χ1v) is 12.5. The highest BCUT2D eigenvalue weighted by molar-refractivity contribution is 7.88. The Labute approximate surface area is 180 Å². The molecule has 2 heterocycles. The van der Waals surface area contributed by atoms with Crippen molar-refractivity contribution in [2.24, 2.45) is 0 Å². The first kappa shape index (κ1) is 23.0. The van der Waals surface area contributed by atoms with Crippen molar-refractivity contribution in [2.75, 3.05) is 64.1 Å². The van der Waals surface area contributed by atoms with Gasteiger partial charge in [-0.2, -0.15) is 4.31 Å².